The Morgan fingerprint density at radius 2 is 2.05 bits per heavy atom. The highest BCUT2D eigenvalue weighted by Crippen LogP contribution is 2.23. The summed E-state index contributed by atoms with van der Waals surface area (Å²) in [7, 11) is -3.63. The number of rotatable bonds is 4. The lowest BCUT2D eigenvalue weighted by Crippen LogP contribution is -2.50. The highest BCUT2D eigenvalue weighted by Gasteiger charge is 2.45. The molecule has 112 valence electrons. The van der Waals surface area contributed by atoms with Gasteiger partial charge in [-0.1, -0.05) is 12.1 Å². The third-order valence-electron chi connectivity index (χ3n) is 3.52. The van der Waals surface area contributed by atoms with Gasteiger partial charge in [0.05, 0.1) is 17.4 Å². The molecule has 0 saturated carbocycles. The second-order valence-electron chi connectivity index (χ2n) is 5.11. The number of aliphatic carboxylic acids is 1. The van der Waals surface area contributed by atoms with Crippen molar-refractivity contribution in [3.05, 3.63) is 35.4 Å². The van der Waals surface area contributed by atoms with Gasteiger partial charge < -0.3 is 10.8 Å². The average Bonchev–Trinajstić information content (AvgIpc) is 2.84. The predicted octanol–water partition coefficient (Wildman–Crippen LogP) is -0.124. The molecule has 1 aliphatic heterocycles. The molecule has 7 nitrogen and oxygen atoms in total. The Hall–Kier alpha value is -1.95. The number of benzene rings is 1. The van der Waals surface area contributed by atoms with Crippen LogP contribution < -0.4 is 5.73 Å². The molecule has 3 N–H and O–H groups in total. The van der Waals surface area contributed by atoms with Gasteiger partial charge in [-0.25, -0.2) is 8.42 Å². The molecule has 21 heavy (non-hydrogen) atoms. The van der Waals surface area contributed by atoms with Crippen LogP contribution in [0.25, 0.3) is 0 Å². The van der Waals surface area contributed by atoms with Crippen LogP contribution in [0.3, 0.4) is 0 Å². The Morgan fingerprint density at radius 1 is 1.43 bits per heavy atom. The van der Waals surface area contributed by atoms with E-state index >= 15 is 0 Å². The first kappa shape index (κ1) is 15.4. The fourth-order valence-corrected chi connectivity index (χ4v) is 3.78. The maximum atomic E-state index is 12.3. The quantitative estimate of drug-likeness (QED) is 0.798. The van der Waals surface area contributed by atoms with Crippen LogP contribution in [0.15, 0.2) is 24.3 Å². The summed E-state index contributed by atoms with van der Waals surface area (Å²) in [4.78, 5) is 11.0. The number of carboxylic acid groups (broad SMARTS) is 1. The second kappa shape index (κ2) is 5.44. The molecule has 1 aromatic rings. The molecule has 1 atom stereocenters. The molecule has 8 heteroatoms. The zero-order chi connectivity index (χ0) is 15.7. The molecule has 1 saturated heterocycles. The molecule has 0 radical (unpaired) electrons. The molecule has 1 fully saturated rings. The van der Waals surface area contributed by atoms with Crippen LogP contribution in [-0.4, -0.2) is 42.4 Å². The normalized spacial score (nSPS) is 22.9. The zero-order valence-corrected chi connectivity index (χ0v) is 12.0. The van der Waals surface area contributed by atoms with Gasteiger partial charge in [0, 0.05) is 13.1 Å². The summed E-state index contributed by atoms with van der Waals surface area (Å²) in [6.07, 6.45) is 0.0922. The molecule has 0 aliphatic carbocycles. The Balaban J connectivity index is 2.12. The number of carboxylic acids is 1. The summed E-state index contributed by atoms with van der Waals surface area (Å²) in [5, 5.41) is 17.7. The van der Waals surface area contributed by atoms with E-state index in [1.165, 1.54) is 0 Å². The van der Waals surface area contributed by atoms with Crippen LogP contribution in [0.1, 0.15) is 17.5 Å². The Bertz CT molecular complexity index is 693. The van der Waals surface area contributed by atoms with Crippen molar-refractivity contribution in [1.82, 2.24) is 4.31 Å². The van der Waals surface area contributed by atoms with Crippen LogP contribution in [0.4, 0.5) is 0 Å². The minimum Gasteiger partial charge on any atom is -0.480 e. The van der Waals surface area contributed by atoms with Crippen molar-refractivity contribution in [1.29, 1.82) is 5.26 Å². The minimum absolute atomic E-state index is 0.0922. The van der Waals surface area contributed by atoms with Crippen LogP contribution in [-0.2, 0) is 20.6 Å². The van der Waals surface area contributed by atoms with Crippen molar-refractivity contribution in [2.24, 2.45) is 5.73 Å². The van der Waals surface area contributed by atoms with E-state index in [0.29, 0.717) is 11.1 Å². The van der Waals surface area contributed by atoms with Gasteiger partial charge in [0.2, 0.25) is 10.0 Å². The average molecular weight is 309 g/mol. The van der Waals surface area contributed by atoms with Gasteiger partial charge in [-0.2, -0.15) is 9.57 Å². The smallest absolute Gasteiger partial charge is 0.325 e. The molecule has 1 aliphatic rings. The molecule has 0 bridgehead atoms. The summed E-state index contributed by atoms with van der Waals surface area (Å²) < 4.78 is 25.7. The number of nitrogens with zero attached hydrogens (tertiary/aromatic N) is 2. The first-order valence-corrected chi connectivity index (χ1v) is 7.87. The summed E-state index contributed by atoms with van der Waals surface area (Å²) in [6.45, 7) is -0.123. The molecular weight excluding hydrogens is 294 g/mol. The summed E-state index contributed by atoms with van der Waals surface area (Å²) in [5.41, 5.74) is 5.15. The van der Waals surface area contributed by atoms with Gasteiger partial charge in [0.15, 0.2) is 0 Å². The van der Waals surface area contributed by atoms with Gasteiger partial charge >= 0.3 is 5.97 Å². The maximum Gasteiger partial charge on any atom is 0.325 e. The lowest BCUT2D eigenvalue weighted by atomic mass is 10.0. The molecule has 0 aromatic heterocycles. The van der Waals surface area contributed by atoms with Gasteiger partial charge in [-0.15, -0.1) is 0 Å². The van der Waals surface area contributed by atoms with E-state index in [2.05, 4.69) is 0 Å². The van der Waals surface area contributed by atoms with Crippen molar-refractivity contribution < 1.29 is 18.3 Å². The standard InChI is InChI=1S/C13H15N3O4S/c14-7-10-1-3-11(4-2-10)8-21(19,20)16-6-5-13(15,9-16)12(17)18/h1-4H,5-6,8-9,15H2,(H,17,18). The topological polar surface area (TPSA) is 124 Å². The van der Waals surface area contributed by atoms with Crippen LogP contribution in [0, 0.1) is 11.3 Å². The van der Waals surface area contributed by atoms with Gasteiger partial charge in [0.25, 0.3) is 0 Å². The van der Waals surface area contributed by atoms with E-state index in [4.69, 9.17) is 16.1 Å². The van der Waals surface area contributed by atoms with Crippen molar-refractivity contribution in [3.63, 3.8) is 0 Å². The first-order chi connectivity index (χ1) is 9.77. The van der Waals surface area contributed by atoms with Crippen molar-refractivity contribution in [3.8, 4) is 6.07 Å². The molecule has 2 rings (SSSR count). The highest BCUT2D eigenvalue weighted by atomic mass is 32.2. The van der Waals surface area contributed by atoms with Crippen LogP contribution in [0.2, 0.25) is 0 Å². The lowest BCUT2D eigenvalue weighted by Gasteiger charge is -2.20. The molecule has 1 heterocycles. The molecule has 1 aromatic carbocycles. The summed E-state index contributed by atoms with van der Waals surface area (Å²) in [6, 6.07) is 8.17. The first-order valence-electron chi connectivity index (χ1n) is 6.26. The monoisotopic (exact) mass is 309 g/mol. The largest absolute Gasteiger partial charge is 0.480 e. The van der Waals surface area contributed by atoms with Crippen molar-refractivity contribution in [2.75, 3.05) is 13.1 Å². The Morgan fingerprint density at radius 3 is 2.52 bits per heavy atom. The van der Waals surface area contributed by atoms with Gasteiger partial charge in [-0.3, -0.25) is 4.79 Å². The lowest BCUT2D eigenvalue weighted by molar-refractivity contribution is -0.142. The zero-order valence-electron chi connectivity index (χ0n) is 11.2. The number of hydrogen-bond donors (Lipinski definition) is 2. The maximum absolute atomic E-state index is 12.3. The fourth-order valence-electron chi connectivity index (χ4n) is 2.19. The van der Waals surface area contributed by atoms with Gasteiger partial charge in [-0.05, 0) is 24.1 Å². The third kappa shape index (κ3) is 3.21. The van der Waals surface area contributed by atoms with E-state index in [1.807, 2.05) is 6.07 Å². The fraction of sp³-hybridized carbons (Fsp3) is 0.385. The van der Waals surface area contributed by atoms with E-state index in [0.717, 1.165) is 4.31 Å². The Labute approximate surface area is 122 Å². The summed E-state index contributed by atoms with van der Waals surface area (Å²) in [5.74, 6) is -1.44. The Kier molecular flexibility index (Phi) is 4.00. The van der Waals surface area contributed by atoms with Crippen LogP contribution in [0.5, 0.6) is 0 Å². The number of sulfonamides is 1. The third-order valence-corrected chi connectivity index (χ3v) is 5.31. The number of nitrogens with two attached hydrogens (primary N) is 1. The van der Waals surface area contributed by atoms with E-state index < -0.39 is 21.5 Å². The number of hydrogen-bond acceptors (Lipinski definition) is 5. The number of carbonyl (C=O) groups is 1. The number of nitriles is 1. The predicted molar refractivity (Wildman–Crippen MR) is 74.5 cm³/mol. The van der Waals surface area contributed by atoms with E-state index in [-0.39, 0.29) is 25.3 Å². The van der Waals surface area contributed by atoms with E-state index in [1.54, 1.807) is 24.3 Å². The van der Waals surface area contributed by atoms with Crippen molar-refractivity contribution in [2.45, 2.75) is 17.7 Å². The van der Waals surface area contributed by atoms with Crippen LogP contribution >= 0.6 is 0 Å². The van der Waals surface area contributed by atoms with E-state index in [9.17, 15) is 13.2 Å². The molecule has 0 amide bonds. The SMILES string of the molecule is N#Cc1ccc(CS(=O)(=O)N2CCC(N)(C(=O)O)C2)cc1. The molecular formula is C13H15N3O4S. The van der Waals surface area contributed by atoms with Crippen molar-refractivity contribution >= 4 is 16.0 Å². The summed E-state index contributed by atoms with van der Waals surface area (Å²) >= 11 is 0. The molecule has 1 unspecified atom stereocenters. The second-order valence-corrected chi connectivity index (χ2v) is 7.08. The molecule has 0 spiro atoms. The van der Waals surface area contributed by atoms with Gasteiger partial charge in [0.1, 0.15) is 5.54 Å². The minimum atomic E-state index is -3.63. The highest BCUT2D eigenvalue weighted by molar-refractivity contribution is 7.88.